The van der Waals surface area contributed by atoms with E-state index < -0.39 is 5.97 Å². The molecular weight excluding hydrogens is 354 g/mol. The summed E-state index contributed by atoms with van der Waals surface area (Å²) in [6.07, 6.45) is 0. The van der Waals surface area contributed by atoms with E-state index in [2.05, 4.69) is 39.0 Å². The summed E-state index contributed by atoms with van der Waals surface area (Å²) in [6, 6.07) is 24.2. The van der Waals surface area contributed by atoms with Gasteiger partial charge in [-0.25, -0.2) is 4.79 Å². The predicted molar refractivity (Wildman–Crippen MR) is 109 cm³/mol. The minimum absolute atomic E-state index is 0.261. The Kier molecular flexibility index (Phi) is 6.07. The molecule has 28 heavy (non-hydrogen) atoms. The quantitative estimate of drug-likeness (QED) is 0.283. The molecule has 0 bridgehead atoms. The number of hydrogen-bond acceptors (Lipinski definition) is 5. The zero-order valence-corrected chi connectivity index (χ0v) is 16.0. The van der Waals surface area contributed by atoms with E-state index in [0.717, 1.165) is 27.8 Å². The van der Waals surface area contributed by atoms with Crippen LogP contribution in [0.15, 0.2) is 78.0 Å². The average molecular weight is 375 g/mol. The summed E-state index contributed by atoms with van der Waals surface area (Å²) in [6.45, 7) is 1.89. The smallest absolute Gasteiger partial charge is 0.397 e. The van der Waals surface area contributed by atoms with Crippen LogP contribution in [0.5, 0.6) is 5.75 Å². The number of hydrogen-bond donors (Lipinski definition) is 0. The molecule has 0 N–H and O–H groups in total. The minimum atomic E-state index is -0.710. The molecule has 0 aliphatic heterocycles. The van der Waals surface area contributed by atoms with Crippen LogP contribution < -0.4 is 4.74 Å². The van der Waals surface area contributed by atoms with Crippen LogP contribution in [-0.2, 0) is 14.4 Å². The second-order valence-electron chi connectivity index (χ2n) is 6.10. The van der Waals surface area contributed by atoms with Crippen molar-refractivity contribution in [2.24, 2.45) is 5.16 Å². The minimum Gasteiger partial charge on any atom is -0.462 e. The normalized spacial score (nSPS) is 11.0. The van der Waals surface area contributed by atoms with E-state index in [4.69, 9.17) is 4.74 Å². The van der Waals surface area contributed by atoms with Crippen LogP contribution in [0.25, 0.3) is 22.3 Å². The fraction of sp³-hybridized carbons (Fsp3) is 0.130. The average Bonchev–Trinajstić information content (AvgIpc) is 2.75. The molecule has 0 saturated carbocycles. The predicted octanol–water partition coefficient (Wildman–Crippen LogP) is 4.84. The van der Waals surface area contributed by atoms with Crippen LogP contribution in [0.2, 0.25) is 0 Å². The summed E-state index contributed by atoms with van der Waals surface area (Å²) in [7, 11) is 2.60. The number of oxime groups is 1. The molecule has 0 aliphatic rings. The van der Waals surface area contributed by atoms with E-state index in [0.29, 0.717) is 5.75 Å². The molecule has 0 unspecified atom stereocenters. The number of aryl methyl sites for hydroxylation is 1. The number of rotatable bonds is 4. The maximum atomic E-state index is 11.8. The first-order valence-corrected chi connectivity index (χ1v) is 8.76. The van der Waals surface area contributed by atoms with Gasteiger partial charge < -0.3 is 14.3 Å². The second kappa shape index (κ2) is 8.86. The molecule has 142 valence electrons. The number of ether oxygens (including phenoxy) is 2. The highest BCUT2D eigenvalue weighted by molar-refractivity contribution is 6.33. The highest BCUT2D eigenvalue weighted by Gasteiger charge is 2.17. The van der Waals surface area contributed by atoms with Gasteiger partial charge >= 0.3 is 11.9 Å². The Morgan fingerprint density at radius 2 is 1.43 bits per heavy atom. The van der Waals surface area contributed by atoms with Gasteiger partial charge in [0, 0.05) is 0 Å². The van der Waals surface area contributed by atoms with E-state index in [1.165, 1.54) is 14.2 Å². The Morgan fingerprint density at radius 3 is 2.11 bits per heavy atom. The molecule has 0 spiro atoms. The van der Waals surface area contributed by atoms with Crippen LogP contribution in [0.4, 0.5) is 0 Å². The maximum Gasteiger partial charge on any atom is 0.397 e. The summed E-state index contributed by atoms with van der Waals surface area (Å²) in [5.74, 6) is -0.468. The monoisotopic (exact) mass is 375 g/mol. The van der Waals surface area contributed by atoms with Gasteiger partial charge in [0.05, 0.1) is 7.11 Å². The van der Waals surface area contributed by atoms with Crippen molar-refractivity contribution < 1.29 is 19.1 Å². The Morgan fingerprint density at radius 1 is 0.786 bits per heavy atom. The molecule has 5 heteroatoms. The van der Waals surface area contributed by atoms with Gasteiger partial charge in [-0.1, -0.05) is 60.7 Å². The molecule has 0 amide bonds. The third-order valence-electron chi connectivity index (χ3n) is 4.23. The Bertz CT molecular complexity index is 996. The summed E-state index contributed by atoms with van der Waals surface area (Å²) < 4.78 is 10.3. The van der Waals surface area contributed by atoms with Gasteiger partial charge in [0.2, 0.25) is 0 Å². The van der Waals surface area contributed by atoms with Crippen molar-refractivity contribution >= 4 is 11.9 Å². The van der Waals surface area contributed by atoms with E-state index in [1.807, 2.05) is 55.5 Å². The third-order valence-corrected chi connectivity index (χ3v) is 4.23. The first-order valence-electron chi connectivity index (χ1n) is 8.76. The topological polar surface area (TPSA) is 57.1 Å². The van der Waals surface area contributed by atoms with Crippen LogP contribution in [0, 0.1) is 6.92 Å². The van der Waals surface area contributed by atoms with Crippen molar-refractivity contribution in [2.75, 3.05) is 14.2 Å². The lowest BCUT2D eigenvalue weighted by Gasteiger charge is -2.12. The number of carbonyl (C=O) groups excluding carboxylic acids is 1. The van der Waals surface area contributed by atoms with Gasteiger partial charge in [-0.05, 0) is 52.0 Å². The standard InChI is InChI=1S/C23H21NO4/c1-16-12-13-20(15-21(16)28-22(24-27-3)23(25)26-2)19-11-7-10-18(14-19)17-8-5-4-6-9-17/h4-15H,1-3H3. The van der Waals surface area contributed by atoms with Gasteiger partial charge in [-0.15, -0.1) is 0 Å². The first-order chi connectivity index (χ1) is 13.6. The fourth-order valence-corrected chi connectivity index (χ4v) is 2.77. The van der Waals surface area contributed by atoms with Crippen molar-refractivity contribution in [1.82, 2.24) is 0 Å². The number of esters is 1. The molecular formula is C23H21NO4. The van der Waals surface area contributed by atoms with Crippen molar-refractivity contribution in [3.05, 3.63) is 78.4 Å². The largest absolute Gasteiger partial charge is 0.462 e. The number of methoxy groups -OCH3 is 1. The second-order valence-corrected chi connectivity index (χ2v) is 6.10. The lowest BCUT2D eigenvalue weighted by atomic mass is 9.98. The molecule has 3 rings (SSSR count). The van der Waals surface area contributed by atoms with Gasteiger partial charge in [0.15, 0.2) is 0 Å². The summed E-state index contributed by atoms with van der Waals surface area (Å²) in [4.78, 5) is 16.5. The Hall–Kier alpha value is -3.60. The van der Waals surface area contributed by atoms with Crippen LogP contribution >= 0.6 is 0 Å². The molecule has 3 aromatic carbocycles. The molecule has 0 aromatic heterocycles. The van der Waals surface area contributed by atoms with Crippen LogP contribution in [-0.4, -0.2) is 26.1 Å². The number of carbonyl (C=O) groups is 1. The summed E-state index contributed by atoms with van der Waals surface area (Å²) in [5.41, 5.74) is 5.12. The summed E-state index contributed by atoms with van der Waals surface area (Å²) >= 11 is 0. The fourth-order valence-electron chi connectivity index (χ4n) is 2.77. The van der Waals surface area contributed by atoms with Gasteiger partial charge in [0.1, 0.15) is 12.9 Å². The van der Waals surface area contributed by atoms with Crippen LogP contribution in [0.1, 0.15) is 5.56 Å². The van der Waals surface area contributed by atoms with E-state index >= 15 is 0 Å². The molecule has 5 nitrogen and oxygen atoms in total. The highest BCUT2D eigenvalue weighted by Crippen LogP contribution is 2.30. The lowest BCUT2D eigenvalue weighted by Crippen LogP contribution is -2.22. The molecule has 0 fully saturated rings. The van der Waals surface area contributed by atoms with Gasteiger partial charge in [-0.3, -0.25) is 0 Å². The molecule has 0 aliphatic carbocycles. The third kappa shape index (κ3) is 4.38. The van der Waals surface area contributed by atoms with Gasteiger partial charge in [-0.2, -0.15) is 0 Å². The van der Waals surface area contributed by atoms with Crippen molar-refractivity contribution in [3.8, 4) is 28.0 Å². The molecule has 0 atom stereocenters. The lowest BCUT2D eigenvalue weighted by molar-refractivity contribution is -0.134. The van der Waals surface area contributed by atoms with Gasteiger partial charge in [0.25, 0.3) is 0 Å². The zero-order valence-electron chi connectivity index (χ0n) is 16.0. The molecule has 0 saturated heterocycles. The highest BCUT2D eigenvalue weighted by atomic mass is 16.6. The van der Waals surface area contributed by atoms with E-state index in [-0.39, 0.29) is 5.90 Å². The summed E-state index contributed by atoms with van der Waals surface area (Å²) in [5, 5.41) is 3.61. The Balaban J connectivity index is 1.96. The molecule has 0 radical (unpaired) electrons. The number of benzene rings is 3. The van der Waals surface area contributed by atoms with Crippen molar-refractivity contribution in [2.45, 2.75) is 6.92 Å². The molecule has 3 aromatic rings. The SMILES string of the molecule is CON=C(Oc1cc(-c2cccc(-c3ccccc3)c2)ccc1C)C(=O)OC. The van der Waals surface area contributed by atoms with Crippen molar-refractivity contribution in [3.63, 3.8) is 0 Å². The first kappa shape index (κ1) is 19.2. The number of nitrogens with zero attached hydrogens (tertiary/aromatic N) is 1. The maximum absolute atomic E-state index is 11.8. The zero-order chi connectivity index (χ0) is 19.9. The van der Waals surface area contributed by atoms with Crippen LogP contribution in [0.3, 0.4) is 0 Å². The Labute approximate surface area is 164 Å². The molecule has 0 heterocycles. The van der Waals surface area contributed by atoms with E-state index in [1.54, 1.807) is 0 Å². The van der Waals surface area contributed by atoms with Crippen molar-refractivity contribution in [1.29, 1.82) is 0 Å². The van der Waals surface area contributed by atoms with E-state index in [9.17, 15) is 4.79 Å².